The summed E-state index contributed by atoms with van der Waals surface area (Å²) >= 11 is 8.10. The Bertz CT molecular complexity index is 819. The minimum Gasteiger partial charge on any atom is -0.490 e. The van der Waals surface area contributed by atoms with Crippen LogP contribution >= 0.6 is 46.6 Å². The lowest BCUT2D eigenvalue weighted by Crippen LogP contribution is -2.22. The van der Waals surface area contributed by atoms with E-state index in [1.807, 2.05) is 22.6 Å². The van der Waals surface area contributed by atoms with Gasteiger partial charge in [-0.05, 0) is 59.0 Å². The van der Waals surface area contributed by atoms with Gasteiger partial charge in [0.2, 0.25) is 0 Å². The average Bonchev–Trinajstić information content (AvgIpc) is 2.58. The molecule has 0 spiro atoms. The van der Waals surface area contributed by atoms with Crippen LogP contribution in [0, 0.1) is 8.98 Å². The van der Waals surface area contributed by atoms with Gasteiger partial charge in [0.05, 0.1) is 10.2 Å². The number of aliphatic hydroxyl groups excluding tert-OH is 1. The second-order valence-corrected chi connectivity index (χ2v) is 6.88. The molecule has 0 saturated carbocycles. The first-order valence-electron chi connectivity index (χ1n) is 7.50. The first-order chi connectivity index (χ1) is 12.3. The number of hydrogen-bond donors (Lipinski definition) is 5. The fourth-order valence-corrected chi connectivity index (χ4v) is 3.49. The molecule has 6 N–H and O–H groups in total. The number of aliphatic hydroxyl groups is 1. The summed E-state index contributed by atoms with van der Waals surface area (Å²) in [6, 6.07) is 8.56. The third-order valence-corrected chi connectivity index (χ3v) is 4.46. The number of aliphatic carboxylic acids is 1. The Morgan fingerprint density at radius 2 is 1.96 bits per heavy atom. The van der Waals surface area contributed by atoms with Crippen molar-refractivity contribution in [2.75, 3.05) is 18.5 Å². The first kappa shape index (κ1) is 23.3. The fraction of sp³-hybridized carbons (Fsp3) is 0.176. The van der Waals surface area contributed by atoms with E-state index in [-0.39, 0.29) is 31.5 Å². The van der Waals surface area contributed by atoms with E-state index in [1.165, 1.54) is 6.07 Å². The predicted octanol–water partition coefficient (Wildman–Crippen LogP) is 3.26. The number of benzene rings is 2. The molecule has 0 aliphatic rings. The van der Waals surface area contributed by atoms with E-state index in [0.29, 0.717) is 31.2 Å². The smallest absolute Gasteiger partial charge is 0.330 e. The summed E-state index contributed by atoms with van der Waals surface area (Å²) in [6.45, 7) is -0.167. The topological polar surface area (TPSA) is 129 Å². The zero-order chi connectivity index (χ0) is 19.3. The van der Waals surface area contributed by atoms with Gasteiger partial charge in [-0.3, -0.25) is 5.41 Å². The zero-order valence-corrected chi connectivity index (χ0v) is 17.6. The number of nitrogens with two attached hydrogens (primary N) is 1. The lowest BCUT2D eigenvalue weighted by molar-refractivity contribution is -0.138. The highest BCUT2D eigenvalue weighted by atomic mass is 127. The molecule has 0 radical (unpaired) electrons. The van der Waals surface area contributed by atoms with Crippen LogP contribution in [0.25, 0.3) is 0 Å². The van der Waals surface area contributed by atoms with Crippen LogP contribution in [-0.2, 0) is 4.79 Å². The number of ether oxygens (including phenoxy) is 1. The maximum Gasteiger partial charge on any atom is 0.330 e. The standard InChI is InChI=1S/C17H17ClIN3O4.ClH/c18-10-7-12(15(13(19)8-10)26-6-5-23)14(17(24)25)22-11-3-1-9(2-4-11)16(20)21;/h1-4,7-8,14,22-23H,5-6H2,(H3,20,21)(H,24,25);1H. The number of nitrogen functional groups attached to an aromatic ring is 1. The van der Waals surface area contributed by atoms with Crippen molar-refractivity contribution in [1.82, 2.24) is 0 Å². The molecule has 0 saturated heterocycles. The van der Waals surface area contributed by atoms with Crippen molar-refractivity contribution in [2.45, 2.75) is 6.04 Å². The third-order valence-electron chi connectivity index (χ3n) is 3.44. The minimum atomic E-state index is -1.13. The van der Waals surface area contributed by atoms with E-state index in [0.717, 1.165) is 0 Å². The minimum absolute atomic E-state index is 0. The van der Waals surface area contributed by atoms with E-state index >= 15 is 0 Å². The van der Waals surface area contributed by atoms with Gasteiger partial charge in [0.25, 0.3) is 0 Å². The molecular weight excluding hydrogens is 508 g/mol. The highest BCUT2D eigenvalue weighted by molar-refractivity contribution is 14.1. The van der Waals surface area contributed by atoms with Gasteiger partial charge in [0, 0.05) is 21.8 Å². The number of rotatable bonds is 8. The Morgan fingerprint density at radius 3 is 2.48 bits per heavy atom. The van der Waals surface area contributed by atoms with Crippen LogP contribution in [-0.4, -0.2) is 35.2 Å². The highest BCUT2D eigenvalue weighted by Gasteiger charge is 2.26. The Kier molecular flexibility index (Phi) is 9.10. The lowest BCUT2D eigenvalue weighted by atomic mass is 10.0. The molecule has 7 nitrogen and oxygen atoms in total. The summed E-state index contributed by atoms with van der Waals surface area (Å²) in [6.07, 6.45) is 0. The summed E-state index contributed by atoms with van der Waals surface area (Å²) < 4.78 is 6.16. The number of carboxylic acids is 1. The summed E-state index contributed by atoms with van der Waals surface area (Å²) in [5, 5.41) is 29.4. The van der Waals surface area contributed by atoms with Crippen LogP contribution < -0.4 is 15.8 Å². The molecule has 0 aliphatic heterocycles. The Balaban J connectivity index is 0.00000364. The molecule has 0 aromatic heterocycles. The van der Waals surface area contributed by atoms with E-state index in [1.54, 1.807) is 30.3 Å². The van der Waals surface area contributed by atoms with Crippen LogP contribution in [0.4, 0.5) is 5.69 Å². The molecular formula is C17H18Cl2IN3O4. The van der Waals surface area contributed by atoms with E-state index < -0.39 is 12.0 Å². The molecule has 2 aromatic carbocycles. The summed E-state index contributed by atoms with van der Waals surface area (Å²) in [4.78, 5) is 11.9. The highest BCUT2D eigenvalue weighted by Crippen LogP contribution is 2.35. The van der Waals surface area contributed by atoms with Crippen molar-refractivity contribution in [3.8, 4) is 5.75 Å². The van der Waals surface area contributed by atoms with Crippen LogP contribution in [0.5, 0.6) is 5.75 Å². The normalized spacial score (nSPS) is 11.2. The van der Waals surface area contributed by atoms with Gasteiger partial charge >= 0.3 is 5.97 Å². The van der Waals surface area contributed by atoms with Gasteiger partial charge < -0.3 is 26.0 Å². The van der Waals surface area contributed by atoms with Crippen LogP contribution in [0.2, 0.25) is 5.02 Å². The van der Waals surface area contributed by atoms with Gasteiger partial charge in [-0.1, -0.05) is 11.6 Å². The predicted molar refractivity (Wildman–Crippen MR) is 115 cm³/mol. The van der Waals surface area contributed by atoms with Crippen LogP contribution in [0.1, 0.15) is 17.2 Å². The van der Waals surface area contributed by atoms with Gasteiger partial charge in [-0.2, -0.15) is 0 Å². The monoisotopic (exact) mass is 525 g/mol. The Hall–Kier alpha value is -1.75. The molecule has 2 aromatic rings. The number of hydrogen-bond acceptors (Lipinski definition) is 5. The average molecular weight is 526 g/mol. The number of carboxylic acid groups (broad SMARTS) is 1. The molecule has 10 heteroatoms. The maximum absolute atomic E-state index is 11.9. The fourth-order valence-electron chi connectivity index (χ4n) is 2.28. The molecule has 0 bridgehead atoms. The van der Waals surface area contributed by atoms with Crippen molar-refractivity contribution >= 4 is 64.1 Å². The molecule has 0 aliphatic carbocycles. The Labute approximate surface area is 180 Å². The molecule has 0 fully saturated rings. The molecule has 1 unspecified atom stereocenters. The maximum atomic E-state index is 11.9. The van der Waals surface area contributed by atoms with Crippen molar-refractivity contribution in [3.05, 3.63) is 56.1 Å². The van der Waals surface area contributed by atoms with Crippen LogP contribution in [0.3, 0.4) is 0 Å². The number of nitrogens with one attached hydrogen (secondary N) is 2. The molecule has 146 valence electrons. The summed E-state index contributed by atoms with van der Waals surface area (Å²) in [5.74, 6) is -0.840. The second kappa shape index (κ2) is 10.5. The number of carbonyl (C=O) groups is 1. The summed E-state index contributed by atoms with van der Waals surface area (Å²) in [5.41, 5.74) is 6.83. The number of halogens is 3. The zero-order valence-electron chi connectivity index (χ0n) is 13.9. The molecule has 1 atom stereocenters. The van der Waals surface area contributed by atoms with Crippen LogP contribution in [0.15, 0.2) is 36.4 Å². The first-order valence-corrected chi connectivity index (χ1v) is 8.95. The second-order valence-electron chi connectivity index (χ2n) is 5.28. The van der Waals surface area contributed by atoms with E-state index in [2.05, 4.69) is 5.32 Å². The van der Waals surface area contributed by atoms with Crippen molar-refractivity contribution in [1.29, 1.82) is 5.41 Å². The lowest BCUT2D eigenvalue weighted by Gasteiger charge is -2.21. The van der Waals surface area contributed by atoms with Gasteiger partial charge in [0.15, 0.2) is 6.04 Å². The number of amidine groups is 1. The number of anilines is 1. The molecule has 0 amide bonds. The van der Waals surface area contributed by atoms with E-state index in [4.69, 9.17) is 32.6 Å². The summed E-state index contributed by atoms with van der Waals surface area (Å²) in [7, 11) is 0. The van der Waals surface area contributed by atoms with Gasteiger partial charge in [0.1, 0.15) is 18.2 Å². The van der Waals surface area contributed by atoms with Crippen molar-refractivity contribution in [3.63, 3.8) is 0 Å². The third kappa shape index (κ3) is 6.13. The molecule has 2 rings (SSSR count). The molecule has 0 heterocycles. The van der Waals surface area contributed by atoms with Gasteiger partial charge in [-0.15, -0.1) is 12.4 Å². The quantitative estimate of drug-likeness (QED) is 0.204. The Morgan fingerprint density at radius 1 is 1.33 bits per heavy atom. The van der Waals surface area contributed by atoms with Crippen molar-refractivity contribution in [2.24, 2.45) is 5.73 Å². The van der Waals surface area contributed by atoms with Crippen molar-refractivity contribution < 1.29 is 19.7 Å². The van der Waals surface area contributed by atoms with Gasteiger partial charge in [-0.25, -0.2) is 4.79 Å². The largest absolute Gasteiger partial charge is 0.490 e. The van der Waals surface area contributed by atoms with E-state index in [9.17, 15) is 9.90 Å². The SMILES string of the molecule is Cl.N=C(N)c1ccc(NC(C(=O)O)c2cc(Cl)cc(I)c2OCCO)cc1. The molecule has 27 heavy (non-hydrogen) atoms.